The predicted octanol–water partition coefficient (Wildman–Crippen LogP) is 0.517. The van der Waals surface area contributed by atoms with E-state index >= 15 is 0 Å². The highest BCUT2D eigenvalue weighted by Crippen LogP contribution is 2.30. The maximum absolute atomic E-state index is 11.5. The minimum atomic E-state index is -0.910. The number of nitriles is 1. The molecule has 2 N–H and O–H groups in total. The number of amides is 1. The first-order chi connectivity index (χ1) is 7.16. The maximum atomic E-state index is 11.5. The summed E-state index contributed by atoms with van der Waals surface area (Å²) in [7, 11) is 0. The van der Waals surface area contributed by atoms with Gasteiger partial charge in [0.25, 0.3) is 0 Å². The maximum Gasteiger partial charge on any atom is 0.307 e. The number of carboxylic acid groups (broad SMARTS) is 1. The van der Waals surface area contributed by atoms with Gasteiger partial charge in [0.2, 0.25) is 5.91 Å². The number of carbonyl (C=O) groups excluding carboxylic acids is 1. The van der Waals surface area contributed by atoms with Crippen LogP contribution in [0.5, 0.6) is 0 Å². The molecular weight excluding hydrogens is 196 g/mol. The van der Waals surface area contributed by atoms with Crippen LogP contribution in [-0.4, -0.2) is 23.5 Å². The summed E-state index contributed by atoms with van der Waals surface area (Å²) >= 11 is 0. The van der Waals surface area contributed by atoms with Gasteiger partial charge in [-0.3, -0.25) is 9.59 Å². The normalized spacial score (nSPS) is 25.3. The summed E-state index contributed by atoms with van der Waals surface area (Å²) in [5.41, 5.74) is 0. The van der Waals surface area contributed by atoms with Gasteiger partial charge in [-0.2, -0.15) is 5.26 Å². The molecule has 82 valence electrons. The van der Waals surface area contributed by atoms with Crippen molar-refractivity contribution in [1.29, 1.82) is 5.26 Å². The summed E-state index contributed by atoms with van der Waals surface area (Å²) < 4.78 is 0. The van der Waals surface area contributed by atoms with Crippen LogP contribution in [0.25, 0.3) is 0 Å². The Bertz CT molecular complexity index is 296. The summed E-state index contributed by atoms with van der Waals surface area (Å²) in [5, 5.41) is 19.7. The molecule has 0 radical (unpaired) electrons. The zero-order chi connectivity index (χ0) is 11.3. The van der Waals surface area contributed by atoms with Gasteiger partial charge in [-0.25, -0.2) is 0 Å². The molecule has 1 saturated carbocycles. The van der Waals surface area contributed by atoms with Crippen molar-refractivity contribution in [2.45, 2.75) is 25.7 Å². The fraction of sp³-hybridized carbons (Fsp3) is 0.700. The van der Waals surface area contributed by atoms with Crippen LogP contribution in [0.4, 0.5) is 0 Å². The smallest absolute Gasteiger partial charge is 0.307 e. The molecule has 0 bridgehead atoms. The predicted molar refractivity (Wildman–Crippen MR) is 51.7 cm³/mol. The molecule has 0 spiro atoms. The lowest BCUT2D eigenvalue weighted by molar-refractivity contribution is -0.148. The van der Waals surface area contributed by atoms with E-state index < -0.39 is 17.8 Å². The highest BCUT2D eigenvalue weighted by atomic mass is 16.4. The number of nitrogens with zero attached hydrogens (tertiary/aromatic N) is 1. The Kier molecular flexibility index (Phi) is 4.10. The van der Waals surface area contributed by atoms with E-state index in [1.807, 2.05) is 0 Å². The lowest BCUT2D eigenvalue weighted by atomic mass is 9.79. The number of carboxylic acids is 1. The largest absolute Gasteiger partial charge is 0.481 e. The first-order valence-corrected chi connectivity index (χ1v) is 5.04. The van der Waals surface area contributed by atoms with Gasteiger partial charge >= 0.3 is 5.97 Å². The average molecular weight is 210 g/mol. The average Bonchev–Trinajstić information content (AvgIpc) is 2.25. The van der Waals surface area contributed by atoms with Crippen LogP contribution in [0.2, 0.25) is 0 Å². The Labute approximate surface area is 88.1 Å². The SMILES string of the molecule is N#CCNC(=O)C1CCCCC1C(=O)O. The molecule has 0 heterocycles. The molecule has 1 amide bonds. The Morgan fingerprint density at radius 3 is 2.47 bits per heavy atom. The van der Waals surface area contributed by atoms with Crippen molar-refractivity contribution in [3.8, 4) is 6.07 Å². The highest BCUT2D eigenvalue weighted by Gasteiger charge is 2.35. The highest BCUT2D eigenvalue weighted by molar-refractivity contribution is 5.84. The van der Waals surface area contributed by atoms with Crippen molar-refractivity contribution >= 4 is 11.9 Å². The van der Waals surface area contributed by atoms with Crippen molar-refractivity contribution in [2.24, 2.45) is 11.8 Å². The van der Waals surface area contributed by atoms with Crippen molar-refractivity contribution in [2.75, 3.05) is 6.54 Å². The Hall–Kier alpha value is -1.57. The van der Waals surface area contributed by atoms with Crippen LogP contribution in [0, 0.1) is 23.2 Å². The van der Waals surface area contributed by atoms with Crippen molar-refractivity contribution < 1.29 is 14.7 Å². The molecule has 5 heteroatoms. The first kappa shape index (κ1) is 11.5. The second kappa shape index (κ2) is 5.35. The van der Waals surface area contributed by atoms with Gasteiger partial charge in [0, 0.05) is 0 Å². The standard InChI is InChI=1S/C10H14N2O3/c11-5-6-12-9(13)7-3-1-2-4-8(7)10(14)15/h7-8H,1-4,6H2,(H,12,13)(H,14,15). The number of carbonyl (C=O) groups is 2. The number of hydrogen-bond donors (Lipinski definition) is 2. The quantitative estimate of drug-likeness (QED) is 0.664. The molecule has 1 aliphatic carbocycles. The van der Waals surface area contributed by atoms with Gasteiger partial charge in [0.15, 0.2) is 0 Å². The molecule has 15 heavy (non-hydrogen) atoms. The van der Waals surface area contributed by atoms with Crippen LogP contribution in [0.15, 0.2) is 0 Å². The summed E-state index contributed by atoms with van der Waals surface area (Å²) in [5.74, 6) is -2.27. The van der Waals surface area contributed by atoms with Crippen LogP contribution in [0.3, 0.4) is 0 Å². The van der Waals surface area contributed by atoms with E-state index in [0.29, 0.717) is 12.8 Å². The molecule has 1 rings (SSSR count). The van der Waals surface area contributed by atoms with Gasteiger partial charge in [0.05, 0.1) is 17.9 Å². The van der Waals surface area contributed by atoms with E-state index in [4.69, 9.17) is 10.4 Å². The van der Waals surface area contributed by atoms with Crippen LogP contribution < -0.4 is 5.32 Å². The van der Waals surface area contributed by atoms with Crippen LogP contribution in [0.1, 0.15) is 25.7 Å². The van der Waals surface area contributed by atoms with Crippen molar-refractivity contribution in [1.82, 2.24) is 5.32 Å². The molecule has 0 aromatic carbocycles. The van der Waals surface area contributed by atoms with Crippen molar-refractivity contribution in [3.63, 3.8) is 0 Å². The second-order valence-corrected chi connectivity index (χ2v) is 3.71. The zero-order valence-corrected chi connectivity index (χ0v) is 8.40. The molecule has 2 atom stereocenters. The third-order valence-electron chi connectivity index (χ3n) is 2.76. The molecule has 1 aliphatic rings. The van der Waals surface area contributed by atoms with Crippen molar-refractivity contribution in [3.05, 3.63) is 0 Å². The zero-order valence-electron chi connectivity index (χ0n) is 8.40. The number of nitrogens with one attached hydrogen (secondary N) is 1. The molecule has 1 fully saturated rings. The molecule has 0 aliphatic heterocycles. The van der Waals surface area contributed by atoms with Gasteiger partial charge < -0.3 is 10.4 Å². The Morgan fingerprint density at radius 2 is 1.93 bits per heavy atom. The number of aliphatic carboxylic acids is 1. The van der Waals surface area contributed by atoms with Gasteiger partial charge in [-0.1, -0.05) is 12.8 Å². The summed E-state index contributed by atoms with van der Waals surface area (Å²) in [6.07, 6.45) is 2.90. The number of hydrogen-bond acceptors (Lipinski definition) is 3. The Morgan fingerprint density at radius 1 is 1.33 bits per heavy atom. The summed E-state index contributed by atoms with van der Waals surface area (Å²) in [4.78, 5) is 22.4. The third-order valence-corrected chi connectivity index (χ3v) is 2.76. The lowest BCUT2D eigenvalue weighted by Gasteiger charge is -2.26. The minimum absolute atomic E-state index is 0.0539. The summed E-state index contributed by atoms with van der Waals surface area (Å²) in [6.45, 7) is -0.0539. The molecule has 0 aromatic rings. The Balaban J connectivity index is 2.60. The lowest BCUT2D eigenvalue weighted by Crippen LogP contribution is -2.39. The molecule has 5 nitrogen and oxygen atoms in total. The van der Waals surface area contributed by atoms with Gasteiger partial charge in [0.1, 0.15) is 6.54 Å². The first-order valence-electron chi connectivity index (χ1n) is 5.04. The fourth-order valence-corrected chi connectivity index (χ4v) is 2.00. The molecule has 0 aromatic heterocycles. The van der Waals surface area contributed by atoms with Gasteiger partial charge in [-0.05, 0) is 12.8 Å². The second-order valence-electron chi connectivity index (χ2n) is 3.71. The van der Waals surface area contributed by atoms with E-state index in [1.54, 1.807) is 6.07 Å². The van der Waals surface area contributed by atoms with Crippen LogP contribution in [-0.2, 0) is 9.59 Å². The third kappa shape index (κ3) is 2.94. The van der Waals surface area contributed by atoms with Crippen LogP contribution >= 0.6 is 0 Å². The van der Waals surface area contributed by atoms with E-state index in [2.05, 4.69) is 5.32 Å². The van der Waals surface area contributed by atoms with E-state index in [-0.39, 0.29) is 12.5 Å². The van der Waals surface area contributed by atoms with E-state index in [9.17, 15) is 9.59 Å². The monoisotopic (exact) mass is 210 g/mol. The fourth-order valence-electron chi connectivity index (χ4n) is 2.00. The summed E-state index contributed by atoms with van der Waals surface area (Å²) in [6, 6.07) is 1.80. The number of rotatable bonds is 3. The van der Waals surface area contributed by atoms with Gasteiger partial charge in [-0.15, -0.1) is 0 Å². The van der Waals surface area contributed by atoms with E-state index in [0.717, 1.165) is 12.8 Å². The minimum Gasteiger partial charge on any atom is -0.481 e. The van der Waals surface area contributed by atoms with E-state index in [1.165, 1.54) is 0 Å². The molecule has 2 unspecified atom stereocenters. The molecular formula is C10H14N2O3. The topological polar surface area (TPSA) is 90.2 Å². The molecule has 0 saturated heterocycles.